The number of nitrogens with zero attached hydrogens (tertiary/aromatic N) is 2. The van der Waals surface area contributed by atoms with Crippen LogP contribution in [0.25, 0.3) is 0 Å². The monoisotopic (exact) mass is 373 g/mol. The molecule has 0 unspecified atom stereocenters. The van der Waals surface area contributed by atoms with Gasteiger partial charge < -0.3 is 4.90 Å². The SMILES string of the molecule is Cc1cccc(S(=O)(=O)NCCCN2CCN(c3ccccc3)CC2)c1. The third-order valence-corrected chi connectivity index (χ3v) is 6.20. The summed E-state index contributed by atoms with van der Waals surface area (Å²) in [5, 5.41) is 0. The predicted molar refractivity (Wildman–Crippen MR) is 106 cm³/mol. The van der Waals surface area contributed by atoms with Crippen molar-refractivity contribution in [1.29, 1.82) is 0 Å². The van der Waals surface area contributed by atoms with Gasteiger partial charge in [-0.15, -0.1) is 0 Å². The Balaban J connectivity index is 1.39. The van der Waals surface area contributed by atoms with Crippen LogP contribution in [-0.2, 0) is 10.0 Å². The maximum atomic E-state index is 12.3. The average Bonchev–Trinajstić information content (AvgIpc) is 2.66. The summed E-state index contributed by atoms with van der Waals surface area (Å²) in [6, 6.07) is 17.5. The summed E-state index contributed by atoms with van der Waals surface area (Å²) in [7, 11) is -3.41. The molecule has 0 radical (unpaired) electrons. The molecule has 1 N–H and O–H groups in total. The van der Waals surface area contributed by atoms with E-state index in [-0.39, 0.29) is 0 Å². The van der Waals surface area contributed by atoms with Gasteiger partial charge in [0.15, 0.2) is 0 Å². The van der Waals surface area contributed by atoms with Crippen LogP contribution in [0.2, 0.25) is 0 Å². The molecule has 2 aromatic carbocycles. The van der Waals surface area contributed by atoms with Gasteiger partial charge >= 0.3 is 0 Å². The Morgan fingerprint density at radius 3 is 2.38 bits per heavy atom. The molecule has 0 bridgehead atoms. The number of para-hydroxylation sites is 1. The largest absolute Gasteiger partial charge is 0.369 e. The zero-order valence-electron chi connectivity index (χ0n) is 15.3. The highest BCUT2D eigenvalue weighted by molar-refractivity contribution is 7.89. The second kappa shape index (κ2) is 8.66. The summed E-state index contributed by atoms with van der Waals surface area (Å²) in [5.74, 6) is 0. The number of benzene rings is 2. The number of anilines is 1. The molecule has 26 heavy (non-hydrogen) atoms. The molecule has 1 saturated heterocycles. The van der Waals surface area contributed by atoms with Gasteiger partial charge in [-0.05, 0) is 49.7 Å². The van der Waals surface area contributed by atoms with Crippen LogP contribution < -0.4 is 9.62 Å². The minimum absolute atomic E-state index is 0.342. The fraction of sp³-hybridized carbons (Fsp3) is 0.400. The van der Waals surface area contributed by atoms with Crippen LogP contribution in [-0.4, -0.2) is 52.6 Å². The molecule has 0 atom stereocenters. The van der Waals surface area contributed by atoms with Gasteiger partial charge in [0.2, 0.25) is 10.0 Å². The van der Waals surface area contributed by atoms with E-state index < -0.39 is 10.0 Å². The van der Waals surface area contributed by atoms with Crippen LogP contribution in [0.3, 0.4) is 0 Å². The van der Waals surface area contributed by atoms with Crippen LogP contribution >= 0.6 is 0 Å². The standard InChI is InChI=1S/C20H27N3O2S/c1-18-7-5-10-20(17-18)26(24,25)21-11-6-12-22-13-15-23(16-14-22)19-8-3-2-4-9-19/h2-5,7-10,17,21H,6,11-16H2,1H3. The fourth-order valence-electron chi connectivity index (χ4n) is 3.24. The van der Waals surface area contributed by atoms with Gasteiger partial charge in [0.05, 0.1) is 4.90 Å². The highest BCUT2D eigenvalue weighted by Crippen LogP contribution is 2.15. The smallest absolute Gasteiger partial charge is 0.240 e. The summed E-state index contributed by atoms with van der Waals surface area (Å²) in [6.07, 6.45) is 0.816. The Morgan fingerprint density at radius 2 is 1.69 bits per heavy atom. The lowest BCUT2D eigenvalue weighted by Crippen LogP contribution is -2.47. The lowest BCUT2D eigenvalue weighted by molar-refractivity contribution is 0.255. The molecule has 2 aromatic rings. The topological polar surface area (TPSA) is 52.7 Å². The summed E-state index contributed by atoms with van der Waals surface area (Å²) >= 11 is 0. The molecule has 6 heteroatoms. The Bertz CT molecular complexity index is 801. The number of aryl methyl sites for hydroxylation is 1. The minimum Gasteiger partial charge on any atom is -0.369 e. The van der Waals surface area contributed by atoms with Gasteiger partial charge in [0.1, 0.15) is 0 Å². The number of piperazine rings is 1. The first-order valence-corrected chi connectivity index (χ1v) is 10.6. The number of hydrogen-bond donors (Lipinski definition) is 1. The highest BCUT2D eigenvalue weighted by Gasteiger charge is 2.17. The zero-order chi connectivity index (χ0) is 18.4. The van der Waals surface area contributed by atoms with E-state index >= 15 is 0 Å². The number of hydrogen-bond acceptors (Lipinski definition) is 4. The molecule has 1 heterocycles. The molecule has 0 aromatic heterocycles. The van der Waals surface area contributed by atoms with Gasteiger partial charge in [0, 0.05) is 38.4 Å². The summed E-state index contributed by atoms with van der Waals surface area (Å²) in [5.41, 5.74) is 2.22. The first-order chi connectivity index (χ1) is 12.5. The molecule has 1 aliphatic heterocycles. The number of nitrogens with one attached hydrogen (secondary N) is 1. The Labute approximate surface area is 156 Å². The summed E-state index contributed by atoms with van der Waals surface area (Å²) < 4.78 is 27.3. The van der Waals surface area contributed by atoms with Crippen molar-refractivity contribution in [3.8, 4) is 0 Å². The Hall–Kier alpha value is -1.89. The second-order valence-electron chi connectivity index (χ2n) is 6.73. The van der Waals surface area contributed by atoms with Gasteiger partial charge in [-0.1, -0.05) is 30.3 Å². The maximum absolute atomic E-state index is 12.3. The normalized spacial score (nSPS) is 16.0. The summed E-state index contributed by atoms with van der Waals surface area (Å²) in [6.45, 7) is 7.33. The quantitative estimate of drug-likeness (QED) is 0.758. The zero-order valence-corrected chi connectivity index (χ0v) is 16.1. The van der Waals surface area contributed by atoms with E-state index in [0.29, 0.717) is 11.4 Å². The van der Waals surface area contributed by atoms with Crippen molar-refractivity contribution in [2.75, 3.05) is 44.2 Å². The van der Waals surface area contributed by atoms with Crippen LogP contribution in [0.4, 0.5) is 5.69 Å². The molecular weight excluding hydrogens is 346 g/mol. The van der Waals surface area contributed by atoms with Crippen LogP contribution in [0.5, 0.6) is 0 Å². The Kier molecular flexibility index (Phi) is 6.29. The van der Waals surface area contributed by atoms with E-state index in [2.05, 4.69) is 38.8 Å². The minimum atomic E-state index is -3.41. The van der Waals surface area contributed by atoms with Crippen molar-refractivity contribution in [3.05, 3.63) is 60.2 Å². The maximum Gasteiger partial charge on any atom is 0.240 e. The predicted octanol–water partition coefficient (Wildman–Crippen LogP) is 2.49. The Morgan fingerprint density at radius 1 is 0.962 bits per heavy atom. The molecule has 1 fully saturated rings. The molecule has 0 spiro atoms. The molecule has 1 aliphatic rings. The molecule has 5 nitrogen and oxygen atoms in total. The first-order valence-electron chi connectivity index (χ1n) is 9.13. The van der Waals surface area contributed by atoms with Crippen molar-refractivity contribution in [1.82, 2.24) is 9.62 Å². The highest BCUT2D eigenvalue weighted by atomic mass is 32.2. The van der Waals surface area contributed by atoms with E-state index in [1.807, 2.05) is 19.1 Å². The van der Waals surface area contributed by atoms with Crippen LogP contribution in [0.15, 0.2) is 59.5 Å². The van der Waals surface area contributed by atoms with Crippen LogP contribution in [0.1, 0.15) is 12.0 Å². The average molecular weight is 374 g/mol. The third-order valence-electron chi connectivity index (χ3n) is 4.74. The first kappa shape index (κ1) is 18.9. The van der Waals surface area contributed by atoms with Gasteiger partial charge in [-0.2, -0.15) is 0 Å². The number of rotatable bonds is 7. The molecule has 0 aliphatic carbocycles. The lowest BCUT2D eigenvalue weighted by atomic mass is 10.2. The van der Waals surface area contributed by atoms with Gasteiger partial charge in [0.25, 0.3) is 0 Å². The summed E-state index contributed by atoms with van der Waals surface area (Å²) in [4.78, 5) is 5.14. The molecule has 140 valence electrons. The van der Waals surface area contributed by atoms with E-state index in [1.54, 1.807) is 18.2 Å². The van der Waals surface area contributed by atoms with Gasteiger partial charge in [-0.3, -0.25) is 4.90 Å². The molecule has 0 amide bonds. The van der Waals surface area contributed by atoms with Crippen molar-refractivity contribution >= 4 is 15.7 Å². The van der Waals surface area contributed by atoms with Crippen molar-refractivity contribution in [3.63, 3.8) is 0 Å². The van der Waals surface area contributed by atoms with Crippen LogP contribution in [0, 0.1) is 6.92 Å². The van der Waals surface area contributed by atoms with E-state index in [4.69, 9.17) is 0 Å². The molecular formula is C20H27N3O2S. The van der Waals surface area contributed by atoms with E-state index in [9.17, 15) is 8.42 Å². The van der Waals surface area contributed by atoms with Gasteiger partial charge in [-0.25, -0.2) is 13.1 Å². The van der Waals surface area contributed by atoms with E-state index in [0.717, 1.165) is 44.7 Å². The molecule has 3 rings (SSSR count). The second-order valence-corrected chi connectivity index (χ2v) is 8.50. The third kappa shape index (κ3) is 5.06. The van der Waals surface area contributed by atoms with E-state index in [1.165, 1.54) is 5.69 Å². The molecule has 0 saturated carbocycles. The lowest BCUT2D eigenvalue weighted by Gasteiger charge is -2.36. The fourth-order valence-corrected chi connectivity index (χ4v) is 4.42. The van der Waals surface area contributed by atoms with Crippen molar-refractivity contribution < 1.29 is 8.42 Å². The van der Waals surface area contributed by atoms with Crippen molar-refractivity contribution in [2.24, 2.45) is 0 Å². The number of sulfonamides is 1. The van der Waals surface area contributed by atoms with Crippen molar-refractivity contribution in [2.45, 2.75) is 18.2 Å².